The lowest BCUT2D eigenvalue weighted by Gasteiger charge is -2.16. The summed E-state index contributed by atoms with van der Waals surface area (Å²) in [6, 6.07) is 4.65. The molecule has 2 aromatic rings. The van der Waals surface area contributed by atoms with Crippen LogP contribution in [0.2, 0.25) is 15.1 Å². The number of nitrogens with one attached hydrogen (secondary N) is 1. The van der Waals surface area contributed by atoms with Crippen LogP contribution in [0.5, 0.6) is 0 Å². The van der Waals surface area contributed by atoms with Gasteiger partial charge in [-0.15, -0.1) is 0 Å². The Hall–Kier alpha value is -1.94. The summed E-state index contributed by atoms with van der Waals surface area (Å²) < 4.78 is 81.4. The SMILES string of the molecule is NCCCNC(=O)c1ccc(C/C=C(\c2cc(Cl)c(Cl)c(Cl)c2)C(F)(F)F)cc1C(F)(F)F. The number of amides is 1. The van der Waals surface area contributed by atoms with Gasteiger partial charge in [-0.05, 0) is 54.8 Å². The molecule has 33 heavy (non-hydrogen) atoms. The molecule has 0 aromatic heterocycles. The standard InChI is InChI=1S/C21H17Cl3F6N2O/c22-16-9-12(10-17(23)18(16)24)14(20(25,26)27)5-3-11-2-4-13(15(8-11)21(28,29)30)19(33)32-7-1-6-31/h2,4-5,8-10H,1,3,6-7,31H2,(H,32,33)/b14-5+. The Morgan fingerprint density at radius 3 is 2.12 bits per heavy atom. The minimum Gasteiger partial charge on any atom is -0.352 e. The maximum atomic E-state index is 13.6. The molecule has 0 spiro atoms. The van der Waals surface area contributed by atoms with E-state index in [-0.39, 0.29) is 33.7 Å². The summed E-state index contributed by atoms with van der Waals surface area (Å²) in [5.74, 6) is -0.959. The molecule has 0 bridgehead atoms. The molecule has 0 aliphatic heterocycles. The molecule has 3 nitrogen and oxygen atoms in total. The maximum absolute atomic E-state index is 13.6. The first-order valence-corrected chi connectivity index (χ1v) is 10.5. The summed E-state index contributed by atoms with van der Waals surface area (Å²) in [5, 5.41) is 1.78. The Kier molecular flexibility index (Phi) is 9.09. The molecule has 3 N–H and O–H groups in total. The zero-order chi connectivity index (χ0) is 25.0. The average molecular weight is 534 g/mol. The second-order valence-corrected chi connectivity index (χ2v) is 8.04. The number of allylic oxidation sites excluding steroid dienone is 2. The lowest BCUT2D eigenvalue weighted by Crippen LogP contribution is -2.28. The monoisotopic (exact) mass is 532 g/mol. The third-order valence-electron chi connectivity index (χ3n) is 4.44. The van der Waals surface area contributed by atoms with Gasteiger partial charge in [-0.1, -0.05) is 46.9 Å². The van der Waals surface area contributed by atoms with E-state index in [4.69, 9.17) is 40.5 Å². The number of hydrogen-bond donors (Lipinski definition) is 2. The molecule has 0 saturated heterocycles. The van der Waals surface area contributed by atoms with Gasteiger partial charge in [-0.25, -0.2) is 0 Å². The summed E-state index contributed by atoms with van der Waals surface area (Å²) in [7, 11) is 0. The normalized spacial score (nSPS) is 12.7. The molecule has 0 atom stereocenters. The highest BCUT2D eigenvalue weighted by molar-refractivity contribution is 6.48. The third kappa shape index (κ3) is 7.27. The van der Waals surface area contributed by atoms with E-state index >= 15 is 0 Å². The van der Waals surface area contributed by atoms with Gasteiger partial charge in [0.15, 0.2) is 0 Å². The molecule has 0 fully saturated rings. The zero-order valence-corrected chi connectivity index (χ0v) is 18.9. The number of hydrogen-bond acceptors (Lipinski definition) is 2. The largest absolute Gasteiger partial charge is 0.417 e. The van der Waals surface area contributed by atoms with Crippen LogP contribution in [0.3, 0.4) is 0 Å². The van der Waals surface area contributed by atoms with Crippen LogP contribution >= 0.6 is 34.8 Å². The highest BCUT2D eigenvalue weighted by Gasteiger charge is 2.36. The summed E-state index contributed by atoms with van der Waals surface area (Å²) in [5.41, 5.74) is 1.75. The number of rotatable bonds is 7. The van der Waals surface area contributed by atoms with E-state index in [1.165, 1.54) is 0 Å². The average Bonchev–Trinajstić information content (AvgIpc) is 2.70. The van der Waals surface area contributed by atoms with Gasteiger partial charge >= 0.3 is 12.4 Å². The second-order valence-electron chi connectivity index (χ2n) is 6.85. The van der Waals surface area contributed by atoms with Gasteiger partial charge in [0.05, 0.1) is 31.8 Å². The Balaban J connectivity index is 2.44. The van der Waals surface area contributed by atoms with Crippen molar-refractivity contribution in [2.45, 2.75) is 25.2 Å². The maximum Gasteiger partial charge on any atom is 0.417 e. The van der Waals surface area contributed by atoms with Crippen molar-refractivity contribution < 1.29 is 31.1 Å². The highest BCUT2D eigenvalue weighted by Crippen LogP contribution is 2.40. The first-order valence-electron chi connectivity index (χ1n) is 9.36. The van der Waals surface area contributed by atoms with Gasteiger partial charge in [-0.3, -0.25) is 4.79 Å². The van der Waals surface area contributed by atoms with Gasteiger partial charge in [0.1, 0.15) is 0 Å². The van der Waals surface area contributed by atoms with Gasteiger partial charge in [-0.2, -0.15) is 26.3 Å². The third-order valence-corrected chi connectivity index (χ3v) is 5.64. The molecule has 0 unspecified atom stereocenters. The fourth-order valence-electron chi connectivity index (χ4n) is 2.88. The topological polar surface area (TPSA) is 55.1 Å². The molecule has 2 rings (SSSR count). The molecule has 0 heterocycles. The summed E-state index contributed by atoms with van der Waals surface area (Å²) >= 11 is 17.4. The van der Waals surface area contributed by atoms with Crippen LogP contribution < -0.4 is 11.1 Å². The molecule has 12 heteroatoms. The Morgan fingerprint density at radius 1 is 1.00 bits per heavy atom. The van der Waals surface area contributed by atoms with E-state index in [0.29, 0.717) is 18.6 Å². The van der Waals surface area contributed by atoms with Crippen molar-refractivity contribution in [1.29, 1.82) is 0 Å². The predicted molar refractivity (Wildman–Crippen MR) is 117 cm³/mol. The number of nitrogens with two attached hydrogens (primary N) is 1. The molecule has 0 aliphatic rings. The van der Waals surface area contributed by atoms with Crippen molar-refractivity contribution in [2.75, 3.05) is 13.1 Å². The minimum absolute atomic E-state index is 0.0816. The van der Waals surface area contributed by atoms with E-state index in [1.807, 2.05) is 0 Å². The molecule has 2 aromatic carbocycles. The molecule has 180 valence electrons. The van der Waals surface area contributed by atoms with Crippen LogP contribution in [0.25, 0.3) is 5.57 Å². The van der Waals surface area contributed by atoms with E-state index < -0.39 is 46.9 Å². The van der Waals surface area contributed by atoms with Crippen LogP contribution in [-0.2, 0) is 12.6 Å². The van der Waals surface area contributed by atoms with E-state index in [1.54, 1.807) is 0 Å². The lowest BCUT2D eigenvalue weighted by atomic mass is 9.98. The van der Waals surface area contributed by atoms with E-state index in [9.17, 15) is 31.1 Å². The van der Waals surface area contributed by atoms with Crippen LogP contribution in [0.4, 0.5) is 26.3 Å². The highest BCUT2D eigenvalue weighted by atomic mass is 35.5. The van der Waals surface area contributed by atoms with Gasteiger partial charge in [0.25, 0.3) is 5.91 Å². The predicted octanol–water partition coefficient (Wildman–Crippen LogP) is 6.93. The number of carbonyl (C=O) groups excluding carboxylic acids is 1. The zero-order valence-electron chi connectivity index (χ0n) is 16.7. The van der Waals surface area contributed by atoms with Gasteiger partial charge < -0.3 is 11.1 Å². The first-order chi connectivity index (χ1) is 15.3. The van der Waals surface area contributed by atoms with Crippen molar-refractivity contribution in [3.8, 4) is 0 Å². The fourth-order valence-corrected chi connectivity index (χ4v) is 3.47. The molecule has 0 saturated carbocycles. The van der Waals surface area contributed by atoms with E-state index in [2.05, 4.69) is 5.32 Å². The molecule has 0 radical (unpaired) electrons. The molecule has 1 amide bonds. The molecular weight excluding hydrogens is 517 g/mol. The second kappa shape index (κ2) is 11.0. The van der Waals surface area contributed by atoms with Crippen LogP contribution in [0, 0.1) is 0 Å². The van der Waals surface area contributed by atoms with Crippen molar-refractivity contribution in [2.24, 2.45) is 5.73 Å². The Labute approximate surface area is 200 Å². The minimum atomic E-state index is -4.90. The summed E-state index contributed by atoms with van der Waals surface area (Å²) in [6.07, 6.45) is -9.17. The first kappa shape index (κ1) is 27.3. The molecule has 0 aliphatic carbocycles. The number of carbonyl (C=O) groups is 1. The van der Waals surface area contributed by atoms with Crippen molar-refractivity contribution in [1.82, 2.24) is 5.32 Å². The Bertz CT molecular complexity index is 1030. The van der Waals surface area contributed by atoms with Crippen molar-refractivity contribution in [3.05, 3.63) is 73.7 Å². The number of halogens is 9. The van der Waals surface area contributed by atoms with Gasteiger partial charge in [0, 0.05) is 6.54 Å². The lowest BCUT2D eigenvalue weighted by molar-refractivity contribution is -0.138. The molecular formula is C21H17Cl3F6N2O. The van der Waals surface area contributed by atoms with E-state index in [0.717, 1.165) is 24.3 Å². The number of alkyl halides is 6. The van der Waals surface area contributed by atoms with Crippen LogP contribution in [0.1, 0.15) is 33.5 Å². The Morgan fingerprint density at radius 2 is 1.61 bits per heavy atom. The van der Waals surface area contributed by atoms with Gasteiger partial charge in [0.2, 0.25) is 0 Å². The van der Waals surface area contributed by atoms with Crippen molar-refractivity contribution in [3.63, 3.8) is 0 Å². The summed E-state index contributed by atoms with van der Waals surface area (Å²) in [4.78, 5) is 12.1. The quantitative estimate of drug-likeness (QED) is 0.230. The van der Waals surface area contributed by atoms with Crippen LogP contribution in [-0.4, -0.2) is 25.2 Å². The number of benzene rings is 2. The smallest absolute Gasteiger partial charge is 0.352 e. The fraction of sp³-hybridized carbons (Fsp3) is 0.286. The summed E-state index contributed by atoms with van der Waals surface area (Å²) in [6.45, 7) is 0.321. The van der Waals surface area contributed by atoms with Crippen LogP contribution in [0.15, 0.2) is 36.4 Å². The van der Waals surface area contributed by atoms with Crippen molar-refractivity contribution >= 4 is 46.3 Å².